The van der Waals surface area contributed by atoms with Crippen LogP contribution in [0.15, 0.2) is 12.1 Å². The molecule has 1 aromatic rings. The maximum absolute atomic E-state index is 9.91. The fourth-order valence-corrected chi connectivity index (χ4v) is 1.57. The predicted octanol–water partition coefficient (Wildman–Crippen LogP) is 2.71. The second-order valence-electron chi connectivity index (χ2n) is 3.77. The minimum Gasteiger partial charge on any atom is -0.507 e. The lowest BCUT2D eigenvalue weighted by atomic mass is 9.93. The van der Waals surface area contributed by atoms with Crippen molar-refractivity contribution in [2.75, 3.05) is 0 Å². The van der Waals surface area contributed by atoms with Crippen LogP contribution in [-0.2, 0) is 6.61 Å². The van der Waals surface area contributed by atoms with Gasteiger partial charge in [-0.2, -0.15) is 0 Å². The lowest BCUT2D eigenvalue weighted by Crippen LogP contribution is -1.97. The Kier molecular flexibility index (Phi) is 3.53. The van der Waals surface area contributed by atoms with Gasteiger partial charge in [0.25, 0.3) is 0 Å². The van der Waals surface area contributed by atoms with Gasteiger partial charge in [-0.3, -0.25) is 0 Å². The van der Waals surface area contributed by atoms with E-state index >= 15 is 0 Å². The van der Waals surface area contributed by atoms with Crippen LogP contribution in [0.1, 0.15) is 42.9 Å². The summed E-state index contributed by atoms with van der Waals surface area (Å²) >= 11 is 0. The predicted molar refractivity (Wildman–Crippen MR) is 57.5 cm³/mol. The van der Waals surface area contributed by atoms with Crippen LogP contribution in [0.3, 0.4) is 0 Å². The smallest absolute Gasteiger partial charge is 0.124 e. The van der Waals surface area contributed by atoms with E-state index in [1.54, 1.807) is 0 Å². The maximum Gasteiger partial charge on any atom is 0.124 e. The fraction of sp³-hybridized carbons (Fsp3) is 0.500. The zero-order valence-electron chi connectivity index (χ0n) is 9.04. The number of rotatable bonds is 3. The molecule has 0 aromatic heterocycles. The van der Waals surface area contributed by atoms with Gasteiger partial charge < -0.3 is 10.2 Å². The Balaban J connectivity index is 3.21. The lowest BCUT2D eigenvalue weighted by Gasteiger charge is -2.15. The standard InChI is InChI=1S/C12H18O2/c1-4-8(2)10-6-5-9(3)11(7-13)12(10)14/h5-6,8,13-14H,4,7H2,1-3H3. The lowest BCUT2D eigenvalue weighted by molar-refractivity contribution is 0.274. The monoisotopic (exact) mass is 194 g/mol. The molecule has 0 aliphatic heterocycles. The highest BCUT2D eigenvalue weighted by Gasteiger charge is 2.13. The van der Waals surface area contributed by atoms with Crippen LogP contribution in [0.25, 0.3) is 0 Å². The molecule has 0 spiro atoms. The van der Waals surface area contributed by atoms with Gasteiger partial charge in [0.1, 0.15) is 5.75 Å². The summed E-state index contributed by atoms with van der Waals surface area (Å²) < 4.78 is 0. The van der Waals surface area contributed by atoms with Crippen LogP contribution in [0.4, 0.5) is 0 Å². The molecule has 0 fully saturated rings. The third kappa shape index (κ3) is 1.90. The Morgan fingerprint density at radius 2 is 2.00 bits per heavy atom. The number of hydrogen-bond donors (Lipinski definition) is 2. The average Bonchev–Trinajstić information content (AvgIpc) is 2.18. The molecule has 2 heteroatoms. The van der Waals surface area contributed by atoms with Crippen molar-refractivity contribution in [2.24, 2.45) is 0 Å². The quantitative estimate of drug-likeness (QED) is 0.776. The van der Waals surface area contributed by atoms with Crippen molar-refractivity contribution in [3.05, 3.63) is 28.8 Å². The second kappa shape index (κ2) is 4.47. The van der Waals surface area contributed by atoms with Gasteiger partial charge in [0.15, 0.2) is 0 Å². The Morgan fingerprint density at radius 1 is 1.36 bits per heavy atom. The largest absolute Gasteiger partial charge is 0.507 e. The third-order valence-electron chi connectivity index (χ3n) is 2.85. The van der Waals surface area contributed by atoms with Crippen LogP contribution >= 0.6 is 0 Å². The van der Waals surface area contributed by atoms with Gasteiger partial charge in [-0.1, -0.05) is 26.0 Å². The van der Waals surface area contributed by atoms with Gasteiger partial charge >= 0.3 is 0 Å². The molecule has 1 atom stereocenters. The Hall–Kier alpha value is -1.02. The van der Waals surface area contributed by atoms with E-state index in [0.29, 0.717) is 11.5 Å². The van der Waals surface area contributed by atoms with Crippen molar-refractivity contribution in [1.29, 1.82) is 0 Å². The highest BCUT2D eigenvalue weighted by Crippen LogP contribution is 2.32. The zero-order chi connectivity index (χ0) is 10.7. The second-order valence-corrected chi connectivity index (χ2v) is 3.77. The zero-order valence-corrected chi connectivity index (χ0v) is 9.04. The summed E-state index contributed by atoms with van der Waals surface area (Å²) in [6.07, 6.45) is 0.988. The minimum atomic E-state index is -0.0953. The normalized spacial score (nSPS) is 12.9. The SMILES string of the molecule is CCC(C)c1ccc(C)c(CO)c1O. The number of aliphatic hydroxyl groups is 1. The molecule has 0 aliphatic carbocycles. The topological polar surface area (TPSA) is 40.5 Å². The molecule has 0 saturated carbocycles. The first-order valence-corrected chi connectivity index (χ1v) is 5.04. The van der Waals surface area contributed by atoms with E-state index in [0.717, 1.165) is 17.5 Å². The Labute approximate surface area is 85.2 Å². The molecule has 0 radical (unpaired) electrons. The van der Waals surface area contributed by atoms with E-state index in [2.05, 4.69) is 13.8 Å². The molecule has 0 bridgehead atoms. The van der Waals surface area contributed by atoms with Gasteiger partial charge in [-0.25, -0.2) is 0 Å². The molecule has 2 nitrogen and oxygen atoms in total. The van der Waals surface area contributed by atoms with E-state index < -0.39 is 0 Å². The first-order chi connectivity index (χ1) is 6.61. The van der Waals surface area contributed by atoms with E-state index in [4.69, 9.17) is 5.11 Å². The number of aryl methyl sites for hydroxylation is 1. The summed E-state index contributed by atoms with van der Waals surface area (Å²) in [6, 6.07) is 3.89. The van der Waals surface area contributed by atoms with Crippen molar-refractivity contribution in [1.82, 2.24) is 0 Å². The molecule has 1 unspecified atom stereocenters. The van der Waals surface area contributed by atoms with Crippen molar-refractivity contribution >= 4 is 0 Å². The van der Waals surface area contributed by atoms with Crippen LogP contribution in [-0.4, -0.2) is 10.2 Å². The first kappa shape index (κ1) is 11.1. The van der Waals surface area contributed by atoms with Gasteiger partial charge in [-0.15, -0.1) is 0 Å². The van der Waals surface area contributed by atoms with Crippen LogP contribution in [0.5, 0.6) is 5.75 Å². The summed E-state index contributed by atoms with van der Waals surface area (Å²) in [6.45, 7) is 5.96. The van der Waals surface area contributed by atoms with Gasteiger partial charge in [0.05, 0.1) is 6.61 Å². The maximum atomic E-state index is 9.91. The summed E-state index contributed by atoms with van der Waals surface area (Å²) in [7, 11) is 0. The highest BCUT2D eigenvalue weighted by molar-refractivity contribution is 5.46. The van der Waals surface area contributed by atoms with Gasteiger partial charge in [0, 0.05) is 5.56 Å². The number of aliphatic hydroxyl groups excluding tert-OH is 1. The molecule has 0 saturated heterocycles. The number of aromatic hydroxyl groups is 1. The minimum absolute atomic E-state index is 0.0953. The molecule has 1 rings (SSSR count). The molecule has 0 aliphatic rings. The van der Waals surface area contributed by atoms with Crippen molar-refractivity contribution < 1.29 is 10.2 Å². The van der Waals surface area contributed by atoms with E-state index in [1.165, 1.54) is 0 Å². The summed E-state index contributed by atoms with van der Waals surface area (Å²) in [5.41, 5.74) is 2.53. The van der Waals surface area contributed by atoms with E-state index in [-0.39, 0.29) is 12.4 Å². The molecule has 0 heterocycles. The van der Waals surface area contributed by atoms with Gasteiger partial charge in [0.2, 0.25) is 0 Å². The first-order valence-electron chi connectivity index (χ1n) is 5.04. The Bertz CT molecular complexity index is 318. The van der Waals surface area contributed by atoms with Gasteiger partial charge in [-0.05, 0) is 30.4 Å². The average molecular weight is 194 g/mol. The number of hydrogen-bond acceptors (Lipinski definition) is 2. The van der Waals surface area contributed by atoms with Crippen molar-refractivity contribution in [3.63, 3.8) is 0 Å². The number of phenols is 1. The van der Waals surface area contributed by atoms with Crippen LogP contribution < -0.4 is 0 Å². The van der Waals surface area contributed by atoms with Crippen LogP contribution in [0, 0.1) is 6.92 Å². The third-order valence-corrected chi connectivity index (χ3v) is 2.85. The fourth-order valence-electron chi connectivity index (χ4n) is 1.57. The van der Waals surface area contributed by atoms with Crippen molar-refractivity contribution in [3.8, 4) is 5.75 Å². The molecule has 1 aromatic carbocycles. The Morgan fingerprint density at radius 3 is 2.50 bits per heavy atom. The molecular formula is C12H18O2. The van der Waals surface area contributed by atoms with Crippen LogP contribution in [0.2, 0.25) is 0 Å². The molecule has 2 N–H and O–H groups in total. The number of benzene rings is 1. The highest BCUT2D eigenvalue weighted by atomic mass is 16.3. The molecular weight excluding hydrogens is 176 g/mol. The summed E-state index contributed by atoms with van der Waals surface area (Å²) in [5, 5.41) is 19.0. The summed E-state index contributed by atoms with van der Waals surface area (Å²) in [5.74, 6) is 0.600. The van der Waals surface area contributed by atoms with E-state index in [1.807, 2.05) is 19.1 Å². The van der Waals surface area contributed by atoms with E-state index in [9.17, 15) is 5.11 Å². The molecule has 14 heavy (non-hydrogen) atoms. The molecule has 0 amide bonds. The van der Waals surface area contributed by atoms with Crippen molar-refractivity contribution in [2.45, 2.75) is 39.7 Å². The summed E-state index contributed by atoms with van der Waals surface area (Å²) in [4.78, 5) is 0. The molecule has 78 valence electrons.